The van der Waals surface area contributed by atoms with Gasteiger partial charge in [-0.3, -0.25) is 9.59 Å². The van der Waals surface area contributed by atoms with Gasteiger partial charge in [0.2, 0.25) is 0 Å². The lowest BCUT2D eigenvalue weighted by Gasteiger charge is -2.18. The minimum Gasteiger partial charge on any atom is -0.466 e. The normalized spacial score (nSPS) is 11.2. The molecule has 0 radical (unpaired) electrons. The van der Waals surface area contributed by atoms with Crippen molar-refractivity contribution in [3.63, 3.8) is 0 Å². The van der Waals surface area contributed by atoms with Gasteiger partial charge < -0.3 is 9.47 Å². The van der Waals surface area contributed by atoms with Gasteiger partial charge in [0.15, 0.2) is 5.78 Å². The van der Waals surface area contributed by atoms with Gasteiger partial charge in [-0.25, -0.2) is 0 Å². The summed E-state index contributed by atoms with van der Waals surface area (Å²) >= 11 is 0. The highest BCUT2D eigenvalue weighted by molar-refractivity contribution is 5.83. The van der Waals surface area contributed by atoms with E-state index >= 15 is 0 Å². The zero-order valence-electron chi connectivity index (χ0n) is 9.96. The average Bonchev–Trinajstić information content (AvgIpc) is 2.11. The fourth-order valence-corrected chi connectivity index (χ4v) is 0.844. The van der Waals surface area contributed by atoms with Gasteiger partial charge in [0.1, 0.15) is 6.61 Å². The summed E-state index contributed by atoms with van der Waals surface area (Å²) in [5.41, 5.74) is -0.320. The number of ether oxygens (including phenoxy) is 2. The minimum absolute atomic E-state index is 0.0584. The summed E-state index contributed by atoms with van der Waals surface area (Å²) in [5.74, 6) is -0.403. The SMILES string of the molecule is CCOC(=O)CCC(=O)COC(C)(C)C. The van der Waals surface area contributed by atoms with E-state index in [4.69, 9.17) is 9.47 Å². The second-order valence-electron chi connectivity index (χ2n) is 4.24. The van der Waals surface area contributed by atoms with Crippen molar-refractivity contribution in [3.8, 4) is 0 Å². The number of esters is 1. The lowest BCUT2D eigenvalue weighted by atomic mass is 10.2. The summed E-state index contributed by atoms with van der Waals surface area (Å²) in [5, 5.41) is 0. The monoisotopic (exact) mass is 216 g/mol. The van der Waals surface area contributed by atoms with Gasteiger partial charge in [0, 0.05) is 6.42 Å². The van der Waals surface area contributed by atoms with E-state index in [1.165, 1.54) is 0 Å². The average molecular weight is 216 g/mol. The van der Waals surface area contributed by atoms with E-state index in [1.54, 1.807) is 6.92 Å². The molecule has 0 amide bonds. The van der Waals surface area contributed by atoms with Gasteiger partial charge in [0.05, 0.1) is 18.6 Å². The highest BCUT2D eigenvalue weighted by atomic mass is 16.5. The van der Waals surface area contributed by atoms with E-state index in [-0.39, 0.29) is 36.8 Å². The summed E-state index contributed by atoms with van der Waals surface area (Å²) in [6.45, 7) is 7.79. The van der Waals surface area contributed by atoms with Crippen molar-refractivity contribution in [1.29, 1.82) is 0 Å². The Hall–Kier alpha value is -0.900. The molecule has 0 unspecified atom stereocenters. The third kappa shape index (κ3) is 9.41. The molecule has 0 saturated heterocycles. The van der Waals surface area contributed by atoms with Crippen molar-refractivity contribution in [2.75, 3.05) is 13.2 Å². The molecule has 0 bridgehead atoms. The first kappa shape index (κ1) is 14.1. The Morgan fingerprint density at radius 2 is 1.73 bits per heavy atom. The standard InChI is InChI=1S/C11H20O4/c1-5-14-10(13)7-6-9(12)8-15-11(2,3)4/h5-8H2,1-4H3. The number of ketones is 1. The van der Waals surface area contributed by atoms with Crippen LogP contribution in [0.25, 0.3) is 0 Å². The third-order valence-corrected chi connectivity index (χ3v) is 1.58. The Bertz CT molecular complexity index is 215. The molecule has 0 aromatic carbocycles. The fourth-order valence-electron chi connectivity index (χ4n) is 0.844. The molecule has 0 aliphatic carbocycles. The largest absolute Gasteiger partial charge is 0.466 e. The van der Waals surface area contributed by atoms with Crippen molar-refractivity contribution in [3.05, 3.63) is 0 Å². The molecule has 88 valence electrons. The molecule has 0 aromatic heterocycles. The van der Waals surface area contributed by atoms with Crippen LogP contribution in [-0.2, 0) is 19.1 Å². The Balaban J connectivity index is 3.62. The number of Topliss-reactive ketones (excluding diaryl/α,β-unsaturated/α-hetero) is 1. The molecule has 0 rings (SSSR count). The summed E-state index contributed by atoms with van der Waals surface area (Å²) in [6, 6.07) is 0. The van der Waals surface area contributed by atoms with Gasteiger partial charge in [0.25, 0.3) is 0 Å². The summed E-state index contributed by atoms with van der Waals surface area (Å²) in [4.78, 5) is 22.2. The van der Waals surface area contributed by atoms with E-state index in [0.29, 0.717) is 6.61 Å². The number of carbonyl (C=O) groups is 2. The van der Waals surface area contributed by atoms with Crippen LogP contribution in [0.1, 0.15) is 40.5 Å². The molecule has 4 heteroatoms. The predicted octanol–water partition coefficient (Wildman–Crippen LogP) is 1.71. The maximum absolute atomic E-state index is 11.3. The maximum atomic E-state index is 11.3. The molecule has 15 heavy (non-hydrogen) atoms. The van der Waals surface area contributed by atoms with Crippen molar-refractivity contribution in [2.45, 2.75) is 46.1 Å². The highest BCUT2D eigenvalue weighted by Crippen LogP contribution is 2.07. The molecule has 0 aliphatic rings. The van der Waals surface area contributed by atoms with E-state index in [9.17, 15) is 9.59 Å². The molecule has 4 nitrogen and oxygen atoms in total. The van der Waals surface area contributed by atoms with Gasteiger partial charge in [-0.1, -0.05) is 0 Å². The number of carbonyl (C=O) groups excluding carboxylic acids is 2. The van der Waals surface area contributed by atoms with Crippen LogP contribution in [0.5, 0.6) is 0 Å². The predicted molar refractivity (Wildman–Crippen MR) is 56.6 cm³/mol. The molecule has 0 saturated carbocycles. The van der Waals surface area contributed by atoms with E-state index < -0.39 is 0 Å². The smallest absolute Gasteiger partial charge is 0.306 e. The number of hydrogen-bond donors (Lipinski definition) is 0. The summed E-state index contributed by atoms with van der Waals surface area (Å²) in [6.07, 6.45) is 0.328. The molecular formula is C11H20O4. The third-order valence-electron chi connectivity index (χ3n) is 1.58. The quantitative estimate of drug-likeness (QED) is 0.634. The van der Waals surface area contributed by atoms with Gasteiger partial charge in [-0.05, 0) is 27.7 Å². The van der Waals surface area contributed by atoms with Gasteiger partial charge >= 0.3 is 5.97 Å². The molecule has 0 aliphatic heterocycles. The van der Waals surface area contributed by atoms with Crippen LogP contribution in [0.4, 0.5) is 0 Å². The van der Waals surface area contributed by atoms with Crippen LogP contribution in [0.2, 0.25) is 0 Å². The lowest BCUT2D eigenvalue weighted by molar-refractivity contribution is -0.145. The fraction of sp³-hybridized carbons (Fsp3) is 0.818. The topological polar surface area (TPSA) is 52.6 Å². The van der Waals surface area contributed by atoms with E-state index in [1.807, 2.05) is 20.8 Å². The number of rotatable bonds is 6. The second-order valence-corrected chi connectivity index (χ2v) is 4.24. The van der Waals surface area contributed by atoms with Crippen LogP contribution in [0, 0.1) is 0 Å². The Labute approximate surface area is 90.9 Å². The molecule has 0 spiro atoms. The molecule has 0 atom stereocenters. The molecule has 0 N–H and O–H groups in total. The van der Waals surface area contributed by atoms with Crippen molar-refractivity contribution in [2.24, 2.45) is 0 Å². The van der Waals surface area contributed by atoms with Crippen molar-refractivity contribution >= 4 is 11.8 Å². The van der Waals surface area contributed by atoms with Crippen LogP contribution < -0.4 is 0 Å². The van der Waals surface area contributed by atoms with E-state index in [2.05, 4.69) is 0 Å². The molecule has 0 fully saturated rings. The minimum atomic E-state index is -0.332. The zero-order chi connectivity index (χ0) is 11.9. The highest BCUT2D eigenvalue weighted by Gasteiger charge is 2.13. The van der Waals surface area contributed by atoms with Crippen LogP contribution in [-0.4, -0.2) is 30.6 Å². The Morgan fingerprint density at radius 1 is 1.13 bits per heavy atom. The van der Waals surface area contributed by atoms with Crippen LogP contribution >= 0.6 is 0 Å². The van der Waals surface area contributed by atoms with Crippen LogP contribution in [0.15, 0.2) is 0 Å². The first-order chi connectivity index (χ1) is 6.85. The Morgan fingerprint density at radius 3 is 2.20 bits per heavy atom. The lowest BCUT2D eigenvalue weighted by Crippen LogP contribution is -2.24. The molecule has 0 heterocycles. The van der Waals surface area contributed by atoms with Crippen molar-refractivity contribution in [1.82, 2.24) is 0 Å². The van der Waals surface area contributed by atoms with Gasteiger partial charge in [-0.15, -0.1) is 0 Å². The maximum Gasteiger partial charge on any atom is 0.306 e. The summed E-state index contributed by atoms with van der Waals surface area (Å²) in [7, 11) is 0. The van der Waals surface area contributed by atoms with E-state index in [0.717, 1.165) is 0 Å². The van der Waals surface area contributed by atoms with Crippen molar-refractivity contribution < 1.29 is 19.1 Å². The Kier molecular flexibility index (Phi) is 6.17. The molecule has 0 aromatic rings. The summed E-state index contributed by atoms with van der Waals surface area (Å²) < 4.78 is 9.99. The molecular weight excluding hydrogens is 196 g/mol. The zero-order valence-corrected chi connectivity index (χ0v) is 9.96. The first-order valence-electron chi connectivity index (χ1n) is 5.16. The number of hydrogen-bond acceptors (Lipinski definition) is 4. The van der Waals surface area contributed by atoms with Crippen LogP contribution in [0.3, 0.4) is 0 Å². The van der Waals surface area contributed by atoms with Gasteiger partial charge in [-0.2, -0.15) is 0 Å². The first-order valence-corrected chi connectivity index (χ1v) is 5.16. The second kappa shape index (κ2) is 6.56.